The van der Waals surface area contributed by atoms with Crippen molar-refractivity contribution in [3.63, 3.8) is 0 Å². The number of carbonyl (C=O) groups is 3. The van der Waals surface area contributed by atoms with Crippen LogP contribution in [-0.2, 0) is 14.4 Å². The smallest absolute Gasteiger partial charge is 0.322 e. The van der Waals surface area contributed by atoms with Crippen LogP contribution in [0.2, 0.25) is 0 Å². The molecule has 21 heavy (non-hydrogen) atoms. The molecule has 0 radical (unpaired) electrons. The molecule has 114 valence electrons. The topological polar surface area (TPSA) is 122 Å². The molecule has 2 amide bonds. The number of hydrogen-bond donors (Lipinski definition) is 4. The fourth-order valence-electron chi connectivity index (χ4n) is 1.69. The van der Waals surface area contributed by atoms with E-state index in [2.05, 4.69) is 10.6 Å². The van der Waals surface area contributed by atoms with Gasteiger partial charge in [-0.15, -0.1) is 0 Å². The van der Waals surface area contributed by atoms with Gasteiger partial charge in [-0.3, -0.25) is 14.4 Å². The fraction of sp³-hybridized carbons (Fsp3) is 0.357. The summed E-state index contributed by atoms with van der Waals surface area (Å²) in [7, 11) is 0. The number of nitrogens with one attached hydrogen (secondary N) is 2. The molecule has 0 spiro atoms. The Morgan fingerprint density at radius 1 is 1.14 bits per heavy atom. The Kier molecular flexibility index (Phi) is 6.35. The van der Waals surface area contributed by atoms with Crippen LogP contribution < -0.4 is 16.4 Å². The van der Waals surface area contributed by atoms with Gasteiger partial charge in [0.15, 0.2) is 0 Å². The number of rotatable bonds is 7. The highest BCUT2D eigenvalue weighted by Crippen LogP contribution is 2.18. The summed E-state index contributed by atoms with van der Waals surface area (Å²) in [5.74, 6) is -2.59. The highest BCUT2D eigenvalue weighted by atomic mass is 16.4. The third-order valence-corrected chi connectivity index (χ3v) is 3.00. The number of aliphatic carboxylic acids is 1. The van der Waals surface area contributed by atoms with Gasteiger partial charge in [0.25, 0.3) is 0 Å². The Labute approximate surface area is 122 Å². The number of hydrogen-bond acceptors (Lipinski definition) is 4. The van der Waals surface area contributed by atoms with Crippen LogP contribution in [0.4, 0.5) is 0 Å². The fourth-order valence-corrected chi connectivity index (χ4v) is 1.69. The van der Waals surface area contributed by atoms with Crippen molar-refractivity contribution in [2.45, 2.75) is 13.0 Å². The van der Waals surface area contributed by atoms with Crippen LogP contribution in [0.3, 0.4) is 0 Å². The molecule has 1 aromatic carbocycles. The first-order valence-corrected chi connectivity index (χ1v) is 6.48. The number of carboxylic acids is 1. The lowest BCUT2D eigenvalue weighted by Gasteiger charge is -2.19. The lowest BCUT2D eigenvalue weighted by molar-refractivity contribution is -0.137. The van der Waals surface area contributed by atoms with E-state index in [4.69, 9.17) is 10.8 Å². The minimum Gasteiger partial charge on any atom is -0.480 e. The van der Waals surface area contributed by atoms with Crippen molar-refractivity contribution < 1.29 is 19.5 Å². The van der Waals surface area contributed by atoms with Crippen molar-refractivity contribution in [3.05, 3.63) is 35.9 Å². The van der Waals surface area contributed by atoms with Crippen molar-refractivity contribution in [3.8, 4) is 0 Å². The highest BCUT2D eigenvalue weighted by Gasteiger charge is 2.22. The summed E-state index contributed by atoms with van der Waals surface area (Å²) in [6, 6.07) is 8.70. The van der Waals surface area contributed by atoms with E-state index in [0.717, 1.165) is 5.56 Å². The Balaban J connectivity index is 2.44. The second-order valence-corrected chi connectivity index (χ2v) is 4.61. The molecule has 2 unspecified atom stereocenters. The molecule has 1 aromatic rings. The van der Waals surface area contributed by atoms with E-state index in [-0.39, 0.29) is 12.5 Å². The van der Waals surface area contributed by atoms with E-state index < -0.39 is 30.4 Å². The van der Waals surface area contributed by atoms with Crippen LogP contribution in [0.15, 0.2) is 30.3 Å². The predicted octanol–water partition coefficient (Wildman–Crippen LogP) is -0.360. The summed E-state index contributed by atoms with van der Waals surface area (Å²) in [5.41, 5.74) is 6.83. The Bertz CT molecular complexity index is 504. The zero-order chi connectivity index (χ0) is 15.8. The molecule has 2 atom stereocenters. The molecule has 0 aliphatic rings. The average Bonchev–Trinajstić information content (AvgIpc) is 2.49. The average molecular weight is 293 g/mol. The molecule has 0 aromatic heterocycles. The summed E-state index contributed by atoms with van der Waals surface area (Å²) >= 11 is 0. The molecule has 7 heteroatoms. The van der Waals surface area contributed by atoms with E-state index in [1.165, 1.54) is 0 Å². The van der Waals surface area contributed by atoms with E-state index in [1.54, 1.807) is 6.92 Å². The van der Waals surface area contributed by atoms with Crippen LogP contribution in [0, 0.1) is 5.92 Å². The molecular formula is C14H19N3O4. The van der Waals surface area contributed by atoms with Crippen LogP contribution in [0.1, 0.15) is 18.5 Å². The van der Waals surface area contributed by atoms with Crippen LogP contribution >= 0.6 is 0 Å². The number of carboxylic acid groups (broad SMARTS) is 1. The summed E-state index contributed by atoms with van der Waals surface area (Å²) < 4.78 is 0. The second-order valence-electron chi connectivity index (χ2n) is 4.61. The first kappa shape index (κ1) is 16.6. The van der Waals surface area contributed by atoms with E-state index in [0.29, 0.717) is 0 Å². The van der Waals surface area contributed by atoms with Gasteiger partial charge >= 0.3 is 5.97 Å². The molecule has 7 nitrogen and oxygen atoms in total. The second kappa shape index (κ2) is 8.01. The van der Waals surface area contributed by atoms with Gasteiger partial charge in [0.1, 0.15) is 6.54 Å². The molecule has 0 fully saturated rings. The van der Waals surface area contributed by atoms with Gasteiger partial charge < -0.3 is 21.5 Å². The normalized spacial score (nSPS) is 13.0. The first-order chi connectivity index (χ1) is 9.91. The van der Waals surface area contributed by atoms with Crippen LogP contribution in [0.5, 0.6) is 0 Å². The lowest BCUT2D eigenvalue weighted by Crippen LogP contribution is -2.42. The largest absolute Gasteiger partial charge is 0.480 e. The molecule has 1 rings (SSSR count). The van der Waals surface area contributed by atoms with Gasteiger partial charge in [-0.25, -0.2) is 0 Å². The van der Waals surface area contributed by atoms with Crippen molar-refractivity contribution in [2.75, 3.05) is 13.1 Å². The van der Waals surface area contributed by atoms with Crippen molar-refractivity contribution in [1.29, 1.82) is 0 Å². The molecule has 0 aliphatic carbocycles. The van der Waals surface area contributed by atoms with Crippen LogP contribution in [-0.4, -0.2) is 36.0 Å². The van der Waals surface area contributed by atoms with Gasteiger partial charge in [-0.2, -0.15) is 0 Å². The molecular weight excluding hydrogens is 274 g/mol. The maximum Gasteiger partial charge on any atom is 0.322 e. The molecule has 0 saturated carbocycles. The molecule has 5 N–H and O–H groups in total. The molecule has 0 heterocycles. The Morgan fingerprint density at radius 3 is 2.33 bits per heavy atom. The first-order valence-electron chi connectivity index (χ1n) is 6.48. The number of carbonyl (C=O) groups excluding carboxylic acids is 2. The molecule has 0 saturated heterocycles. The van der Waals surface area contributed by atoms with Crippen LogP contribution in [0.25, 0.3) is 0 Å². The molecule has 0 bridgehead atoms. The minimum atomic E-state index is -1.14. The van der Waals surface area contributed by atoms with Crippen molar-refractivity contribution >= 4 is 17.8 Å². The van der Waals surface area contributed by atoms with Gasteiger partial charge in [-0.05, 0) is 5.56 Å². The summed E-state index contributed by atoms with van der Waals surface area (Å²) in [5, 5.41) is 13.0. The van der Waals surface area contributed by atoms with Gasteiger partial charge in [0.05, 0.1) is 12.5 Å². The number of benzene rings is 1. The summed E-state index contributed by atoms with van der Waals surface area (Å²) in [6.07, 6.45) is 0. The zero-order valence-electron chi connectivity index (χ0n) is 11.7. The van der Waals surface area contributed by atoms with Gasteiger partial charge in [0.2, 0.25) is 11.8 Å². The zero-order valence-corrected chi connectivity index (χ0v) is 11.7. The maximum absolute atomic E-state index is 11.9. The van der Waals surface area contributed by atoms with Crippen molar-refractivity contribution in [2.24, 2.45) is 11.7 Å². The Hall–Kier alpha value is -2.41. The Morgan fingerprint density at radius 2 is 1.76 bits per heavy atom. The summed E-state index contributed by atoms with van der Waals surface area (Å²) in [4.78, 5) is 33.5. The van der Waals surface area contributed by atoms with Gasteiger partial charge in [0, 0.05) is 6.04 Å². The quantitative estimate of drug-likeness (QED) is 0.547. The standard InChI is InChI=1S/C14H19N3O4/c1-9(13(15)10-5-3-2-4-6-10)14(21)17-7-11(18)16-8-12(19)20/h2-6,9,13H,7-8,15H2,1H3,(H,16,18)(H,17,21)(H,19,20). The van der Waals surface area contributed by atoms with Crippen molar-refractivity contribution in [1.82, 2.24) is 10.6 Å². The van der Waals surface area contributed by atoms with E-state index in [9.17, 15) is 14.4 Å². The van der Waals surface area contributed by atoms with Gasteiger partial charge in [-0.1, -0.05) is 37.3 Å². The third kappa shape index (κ3) is 5.62. The maximum atomic E-state index is 11.9. The summed E-state index contributed by atoms with van der Waals surface area (Å²) in [6.45, 7) is 0.911. The lowest BCUT2D eigenvalue weighted by atomic mass is 9.95. The van der Waals surface area contributed by atoms with E-state index in [1.807, 2.05) is 30.3 Å². The van der Waals surface area contributed by atoms with E-state index >= 15 is 0 Å². The SMILES string of the molecule is CC(C(=O)NCC(=O)NCC(=O)O)C(N)c1ccccc1. The number of amides is 2. The number of nitrogens with two attached hydrogens (primary N) is 1. The predicted molar refractivity (Wildman–Crippen MR) is 76.2 cm³/mol. The molecule has 0 aliphatic heterocycles. The monoisotopic (exact) mass is 293 g/mol. The highest BCUT2D eigenvalue weighted by molar-refractivity contribution is 5.87. The third-order valence-electron chi connectivity index (χ3n) is 3.00. The minimum absolute atomic E-state index is 0.280.